The van der Waals surface area contributed by atoms with Crippen LogP contribution in [0.15, 0.2) is 48.5 Å². The maximum absolute atomic E-state index is 12.7. The molecule has 0 radical (unpaired) electrons. The van der Waals surface area contributed by atoms with Crippen LogP contribution in [-0.4, -0.2) is 18.8 Å². The molecule has 1 unspecified atom stereocenters. The molecule has 4 nitrogen and oxygen atoms in total. The van der Waals surface area contributed by atoms with Crippen LogP contribution in [0, 0.1) is 0 Å². The summed E-state index contributed by atoms with van der Waals surface area (Å²) in [5, 5.41) is 3.15. The van der Waals surface area contributed by atoms with Gasteiger partial charge in [-0.05, 0) is 35.7 Å². The maximum atomic E-state index is 12.7. The van der Waals surface area contributed by atoms with Crippen molar-refractivity contribution in [3.05, 3.63) is 70.2 Å². The van der Waals surface area contributed by atoms with Crippen molar-refractivity contribution in [3.8, 4) is 0 Å². The lowest BCUT2D eigenvalue weighted by molar-refractivity contribution is -0.137. The molecule has 0 saturated carbocycles. The molecule has 0 bridgehead atoms. The Bertz CT molecular complexity index is 783. The van der Waals surface area contributed by atoms with Crippen molar-refractivity contribution in [2.45, 2.75) is 38.8 Å². The number of halogens is 4. The van der Waals surface area contributed by atoms with E-state index in [0.29, 0.717) is 17.0 Å². The summed E-state index contributed by atoms with van der Waals surface area (Å²) in [6.45, 7) is 2.11. The molecule has 1 N–H and O–H groups in total. The second kappa shape index (κ2) is 10.3. The third kappa shape index (κ3) is 7.05. The summed E-state index contributed by atoms with van der Waals surface area (Å²) >= 11 is 6.02. The van der Waals surface area contributed by atoms with Crippen LogP contribution < -0.4 is 5.32 Å². The van der Waals surface area contributed by atoms with E-state index in [1.54, 1.807) is 24.3 Å². The molecule has 0 heterocycles. The number of carbonyl (C=O) groups is 1. The van der Waals surface area contributed by atoms with Gasteiger partial charge in [-0.25, -0.2) is 4.79 Å². The van der Waals surface area contributed by atoms with Crippen LogP contribution in [0.3, 0.4) is 0 Å². The van der Waals surface area contributed by atoms with E-state index < -0.39 is 23.9 Å². The molecule has 28 heavy (non-hydrogen) atoms. The first kappa shape index (κ1) is 22.0. The van der Waals surface area contributed by atoms with E-state index in [9.17, 15) is 18.0 Å². The Hall–Kier alpha value is -2.25. The lowest BCUT2D eigenvalue weighted by atomic mass is 10.1. The van der Waals surface area contributed by atoms with Gasteiger partial charge in [0.25, 0.3) is 0 Å². The van der Waals surface area contributed by atoms with Crippen molar-refractivity contribution in [1.82, 2.24) is 5.32 Å². The van der Waals surface area contributed by atoms with Crippen LogP contribution >= 0.6 is 11.6 Å². The molecule has 1 amide bonds. The fourth-order valence-electron chi connectivity index (χ4n) is 2.38. The number of carbonyl (C=O) groups excluding carboxylic acids is 1. The van der Waals surface area contributed by atoms with Gasteiger partial charge in [-0.1, -0.05) is 48.9 Å². The molecule has 0 spiro atoms. The van der Waals surface area contributed by atoms with Gasteiger partial charge in [0.2, 0.25) is 0 Å². The number of benzene rings is 2. The first-order valence-electron chi connectivity index (χ1n) is 8.71. The van der Waals surface area contributed by atoms with Crippen LogP contribution in [0.4, 0.5) is 18.0 Å². The SMILES string of the molecule is CCC(COCc1cccc(C(F)(F)F)c1)OC(=O)NCc1ccccc1Cl. The van der Waals surface area contributed by atoms with Crippen molar-refractivity contribution >= 4 is 17.7 Å². The van der Waals surface area contributed by atoms with Gasteiger partial charge in [-0.3, -0.25) is 0 Å². The molecule has 0 saturated heterocycles. The Morgan fingerprint density at radius 1 is 1.18 bits per heavy atom. The van der Waals surface area contributed by atoms with E-state index in [0.717, 1.165) is 17.7 Å². The number of hydrogen-bond acceptors (Lipinski definition) is 3. The molecule has 2 rings (SSSR count). The average Bonchev–Trinajstić information content (AvgIpc) is 2.66. The Balaban J connectivity index is 1.78. The largest absolute Gasteiger partial charge is 0.444 e. The van der Waals surface area contributed by atoms with Gasteiger partial charge < -0.3 is 14.8 Å². The van der Waals surface area contributed by atoms with Gasteiger partial charge in [0.15, 0.2) is 0 Å². The highest BCUT2D eigenvalue weighted by molar-refractivity contribution is 6.31. The summed E-state index contributed by atoms with van der Waals surface area (Å²) in [5.41, 5.74) is 0.429. The third-order valence-corrected chi connectivity index (χ3v) is 4.31. The minimum absolute atomic E-state index is 0.00891. The molecule has 2 aromatic carbocycles. The van der Waals surface area contributed by atoms with Crippen molar-refractivity contribution in [2.75, 3.05) is 6.61 Å². The Morgan fingerprint density at radius 2 is 1.93 bits per heavy atom. The Kier molecular flexibility index (Phi) is 8.14. The number of alkyl carbamates (subject to hydrolysis) is 1. The van der Waals surface area contributed by atoms with Crippen molar-refractivity contribution in [2.24, 2.45) is 0 Å². The predicted molar refractivity (Wildman–Crippen MR) is 100.0 cm³/mol. The minimum Gasteiger partial charge on any atom is -0.444 e. The van der Waals surface area contributed by atoms with Crippen LogP contribution in [0.2, 0.25) is 5.02 Å². The third-order valence-electron chi connectivity index (χ3n) is 3.94. The van der Waals surface area contributed by atoms with E-state index in [-0.39, 0.29) is 19.8 Å². The highest BCUT2D eigenvalue weighted by Gasteiger charge is 2.30. The maximum Gasteiger partial charge on any atom is 0.416 e. The average molecular weight is 416 g/mol. The van der Waals surface area contributed by atoms with E-state index >= 15 is 0 Å². The quantitative estimate of drug-likeness (QED) is 0.612. The Morgan fingerprint density at radius 3 is 2.61 bits per heavy atom. The lowest BCUT2D eigenvalue weighted by Gasteiger charge is -2.17. The molecule has 152 valence electrons. The molecule has 0 aliphatic carbocycles. The van der Waals surface area contributed by atoms with Gasteiger partial charge in [0.05, 0.1) is 18.8 Å². The number of hydrogen-bond donors (Lipinski definition) is 1. The predicted octanol–water partition coefficient (Wildman–Crippen LogP) is 5.58. The van der Waals surface area contributed by atoms with Crippen LogP contribution in [0.5, 0.6) is 0 Å². The van der Waals surface area contributed by atoms with Gasteiger partial charge >= 0.3 is 12.3 Å². The van der Waals surface area contributed by atoms with Gasteiger partial charge in [0, 0.05) is 11.6 Å². The number of ether oxygens (including phenoxy) is 2. The summed E-state index contributed by atoms with van der Waals surface area (Å²) in [6.07, 6.45) is -5.03. The van der Waals surface area contributed by atoms with E-state index in [2.05, 4.69) is 5.32 Å². The standard InChI is InChI=1S/C20H21ClF3NO3/c1-2-17(28-19(26)25-11-15-7-3-4-9-18(15)21)13-27-12-14-6-5-8-16(10-14)20(22,23)24/h3-10,17H,2,11-13H2,1H3,(H,25,26). The topological polar surface area (TPSA) is 47.6 Å². The van der Waals surface area contributed by atoms with Gasteiger partial charge in [-0.2, -0.15) is 13.2 Å². The number of nitrogens with one attached hydrogen (secondary N) is 1. The zero-order valence-electron chi connectivity index (χ0n) is 15.3. The second-order valence-corrected chi connectivity index (χ2v) is 6.50. The summed E-state index contributed by atoms with van der Waals surface area (Å²) in [4.78, 5) is 11.9. The van der Waals surface area contributed by atoms with Gasteiger partial charge in [0.1, 0.15) is 6.10 Å². The minimum atomic E-state index is -4.40. The molecule has 0 aliphatic rings. The molecule has 8 heteroatoms. The fraction of sp³-hybridized carbons (Fsp3) is 0.350. The highest BCUT2D eigenvalue weighted by Crippen LogP contribution is 2.29. The van der Waals surface area contributed by atoms with Crippen LogP contribution in [0.1, 0.15) is 30.0 Å². The molecular weight excluding hydrogens is 395 g/mol. The van der Waals surface area contributed by atoms with Crippen molar-refractivity contribution < 1.29 is 27.4 Å². The zero-order valence-corrected chi connectivity index (χ0v) is 16.0. The van der Waals surface area contributed by atoms with E-state index in [1.807, 2.05) is 13.0 Å². The zero-order chi connectivity index (χ0) is 20.6. The smallest absolute Gasteiger partial charge is 0.416 e. The normalized spacial score (nSPS) is 12.5. The first-order valence-corrected chi connectivity index (χ1v) is 9.09. The highest BCUT2D eigenvalue weighted by atomic mass is 35.5. The van der Waals surface area contributed by atoms with E-state index in [4.69, 9.17) is 21.1 Å². The molecule has 0 aromatic heterocycles. The second-order valence-electron chi connectivity index (χ2n) is 6.09. The van der Waals surface area contributed by atoms with E-state index in [1.165, 1.54) is 6.07 Å². The first-order chi connectivity index (χ1) is 13.3. The molecule has 0 fully saturated rings. The molecule has 1 atom stereocenters. The van der Waals surface area contributed by atoms with Crippen molar-refractivity contribution in [3.63, 3.8) is 0 Å². The number of alkyl halides is 3. The molecule has 0 aliphatic heterocycles. The number of rotatable bonds is 8. The lowest BCUT2D eigenvalue weighted by Crippen LogP contribution is -2.30. The summed E-state index contributed by atoms with van der Waals surface area (Å²) < 4.78 is 48.9. The summed E-state index contributed by atoms with van der Waals surface area (Å²) in [6, 6.07) is 12.0. The van der Waals surface area contributed by atoms with Crippen molar-refractivity contribution in [1.29, 1.82) is 0 Å². The molecular formula is C20H21ClF3NO3. The summed E-state index contributed by atoms with van der Waals surface area (Å²) in [7, 11) is 0. The van der Waals surface area contributed by atoms with Crippen LogP contribution in [0.25, 0.3) is 0 Å². The number of amides is 1. The molecule has 2 aromatic rings. The van der Waals surface area contributed by atoms with Gasteiger partial charge in [-0.15, -0.1) is 0 Å². The summed E-state index contributed by atoms with van der Waals surface area (Å²) in [5.74, 6) is 0. The van der Waals surface area contributed by atoms with Crippen LogP contribution in [-0.2, 0) is 28.8 Å². The monoisotopic (exact) mass is 415 g/mol. The fourth-order valence-corrected chi connectivity index (χ4v) is 2.59. The Labute approximate surface area is 166 Å².